The monoisotopic (exact) mass is 293 g/mol. The van der Waals surface area contributed by atoms with Crippen molar-refractivity contribution in [3.05, 3.63) is 46.7 Å². The average molecular weight is 294 g/mol. The van der Waals surface area contributed by atoms with E-state index >= 15 is 0 Å². The summed E-state index contributed by atoms with van der Waals surface area (Å²) in [6.45, 7) is 0. The Kier molecular flexibility index (Phi) is 3.05. The van der Waals surface area contributed by atoms with E-state index in [0.717, 1.165) is 17.0 Å². The third-order valence-corrected chi connectivity index (χ3v) is 3.18. The number of rotatable bonds is 2. The highest BCUT2D eigenvalue weighted by Crippen LogP contribution is 2.25. The molecule has 0 fully saturated rings. The highest BCUT2D eigenvalue weighted by molar-refractivity contribution is 6.33. The molecular weight excluding hydrogens is 285 g/mol. The number of nitrogens with zero attached hydrogens (tertiary/aromatic N) is 3. The third-order valence-electron chi connectivity index (χ3n) is 2.72. The SMILES string of the molecule is COc1cccc(-c2cc3nc(Cl)cc(Cl)n3n2)c1. The zero-order valence-corrected chi connectivity index (χ0v) is 11.5. The van der Waals surface area contributed by atoms with E-state index in [1.54, 1.807) is 17.7 Å². The minimum atomic E-state index is 0.342. The molecule has 0 bridgehead atoms. The molecule has 0 aliphatic carbocycles. The molecule has 0 saturated heterocycles. The van der Waals surface area contributed by atoms with Gasteiger partial charge in [-0.25, -0.2) is 9.50 Å². The van der Waals surface area contributed by atoms with Crippen molar-refractivity contribution >= 4 is 28.8 Å². The number of hydrogen-bond acceptors (Lipinski definition) is 3. The van der Waals surface area contributed by atoms with Crippen LogP contribution in [0.5, 0.6) is 5.75 Å². The van der Waals surface area contributed by atoms with Gasteiger partial charge in [0.05, 0.1) is 12.8 Å². The number of halogens is 2. The molecule has 3 aromatic rings. The largest absolute Gasteiger partial charge is 0.497 e. The number of aromatic nitrogens is 3. The summed E-state index contributed by atoms with van der Waals surface area (Å²) in [6, 6.07) is 11.0. The van der Waals surface area contributed by atoms with Crippen molar-refractivity contribution in [1.82, 2.24) is 14.6 Å². The van der Waals surface area contributed by atoms with Gasteiger partial charge in [-0.05, 0) is 12.1 Å². The van der Waals surface area contributed by atoms with Gasteiger partial charge < -0.3 is 4.74 Å². The van der Waals surface area contributed by atoms with E-state index in [4.69, 9.17) is 27.9 Å². The first-order valence-electron chi connectivity index (χ1n) is 5.53. The zero-order valence-electron chi connectivity index (χ0n) is 9.97. The fraction of sp³-hybridized carbons (Fsp3) is 0.0769. The molecule has 19 heavy (non-hydrogen) atoms. The molecule has 0 unspecified atom stereocenters. The molecule has 0 aliphatic heterocycles. The maximum Gasteiger partial charge on any atom is 0.159 e. The van der Waals surface area contributed by atoms with Gasteiger partial charge in [0, 0.05) is 17.7 Å². The van der Waals surface area contributed by atoms with Crippen LogP contribution in [0.2, 0.25) is 10.3 Å². The smallest absolute Gasteiger partial charge is 0.159 e. The molecule has 2 aromatic heterocycles. The van der Waals surface area contributed by atoms with Gasteiger partial charge >= 0.3 is 0 Å². The minimum Gasteiger partial charge on any atom is -0.497 e. The molecular formula is C13H9Cl2N3O. The predicted octanol–water partition coefficient (Wildman–Crippen LogP) is 3.71. The Bertz CT molecular complexity index is 755. The standard InChI is InChI=1S/C13H9Cl2N3O/c1-19-9-4-2-3-8(5-9)10-6-13-16-11(14)7-12(15)18(13)17-10/h2-7H,1H3. The minimum absolute atomic E-state index is 0.342. The molecule has 0 spiro atoms. The maximum absolute atomic E-state index is 6.07. The Hall–Kier alpha value is -1.78. The second-order valence-corrected chi connectivity index (χ2v) is 4.71. The van der Waals surface area contributed by atoms with E-state index in [-0.39, 0.29) is 0 Å². The number of fused-ring (bicyclic) bond motifs is 1. The molecule has 4 nitrogen and oxygen atoms in total. The number of benzene rings is 1. The second kappa shape index (κ2) is 4.72. The van der Waals surface area contributed by atoms with Crippen LogP contribution in [0.1, 0.15) is 0 Å². The highest BCUT2D eigenvalue weighted by Gasteiger charge is 2.09. The van der Waals surface area contributed by atoms with Gasteiger partial charge in [-0.15, -0.1) is 0 Å². The van der Waals surface area contributed by atoms with Crippen LogP contribution >= 0.6 is 23.2 Å². The van der Waals surface area contributed by atoms with Gasteiger partial charge in [0.2, 0.25) is 0 Å². The van der Waals surface area contributed by atoms with Crippen LogP contribution in [0.3, 0.4) is 0 Å². The Morgan fingerprint density at radius 1 is 1.16 bits per heavy atom. The molecule has 0 saturated carbocycles. The van der Waals surface area contributed by atoms with Crippen molar-refractivity contribution in [3.8, 4) is 17.0 Å². The number of hydrogen-bond donors (Lipinski definition) is 0. The lowest BCUT2D eigenvalue weighted by atomic mass is 10.1. The lowest BCUT2D eigenvalue weighted by Gasteiger charge is -2.01. The highest BCUT2D eigenvalue weighted by atomic mass is 35.5. The fourth-order valence-electron chi connectivity index (χ4n) is 1.83. The second-order valence-electron chi connectivity index (χ2n) is 3.93. The van der Waals surface area contributed by atoms with Gasteiger partial charge in [-0.3, -0.25) is 0 Å². The molecule has 96 valence electrons. The molecule has 1 aromatic carbocycles. The molecule has 6 heteroatoms. The van der Waals surface area contributed by atoms with E-state index in [1.807, 2.05) is 30.3 Å². The lowest BCUT2D eigenvalue weighted by Crippen LogP contribution is -1.92. The summed E-state index contributed by atoms with van der Waals surface area (Å²) >= 11 is 11.9. The normalized spacial score (nSPS) is 10.9. The van der Waals surface area contributed by atoms with Gasteiger partial charge in [0.15, 0.2) is 5.65 Å². The Balaban J connectivity index is 2.17. The fourth-order valence-corrected chi connectivity index (χ4v) is 2.31. The van der Waals surface area contributed by atoms with Gasteiger partial charge in [-0.1, -0.05) is 35.3 Å². The van der Waals surface area contributed by atoms with Gasteiger partial charge in [-0.2, -0.15) is 5.10 Å². The van der Waals surface area contributed by atoms with Crippen LogP contribution < -0.4 is 4.74 Å². The molecule has 3 rings (SSSR count). The summed E-state index contributed by atoms with van der Waals surface area (Å²) in [7, 11) is 1.63. The van der Waals surface area contributed by atoms with Crippen LogP contribution in [0, 0.1) is 0 Å². The zero-order chi connectivity index (χ0) is 13.4. The Morgan fingerprint density at radius 3 is 2.79 bits per heavy atom. The Morgan fingerprint density at radius 2 is 2.00 bits per heavy atom. The van der Waals surface area contributed by atoms with E-state index in [2.05, 4.69) is 10.1 Å². The van der Waals surface area contributed by atoms with Crippen molar-refractivity contribution in [2.45, 2.75) is 0 Å². The van der Waals surface area contributed by atoms with E-state index in [1.165, 1.54) is 0 Å². The van der Waals surface area contributed by atoms with Crippen LogP contribution in [0.25, 0.3) is 16.9 Å². The van der Waals surface area contributed by atoms with Crippen molar-refractivity contribution in [2.75, 3.05) is 7.11 Å². The first kappa shape index (κ1) is 12.3. The summed E-state index contributed by atoms with van der Waals surface area (Å²) in [5, 5.41) is 5.17. The van der Waals surface area contributed by atoms with Crippen LogP contribution in [0.15, 0.2) is 36.4 Å². The summed E-state index contributed by atoms with van der Waals surface area (Å²) in [5.74, 6) is 0.770. The van der Waals surface area contributed by atoms with Gasteiger partial charge in [0.1, 0.15) is 16.1 Å². The van der Waals surface area contributed by atoms with Crippen molar-refractivity contribution in [3.63, 3.8) is 0 Å². The molecule has 0 radical (unpaired) electrons. The van der Waals surface area contributed by atoms with Crippen molar-refractivity contribution < 1.29 is 4.74 Å². The van der Waals surface area contributed by atoms with Crippen molar-refractivity contribution in [2.24, 2.45) is 0 Å². The molecule has 0 amide bonds. The Labute approximate surface area is 119 Å². The third kappa shape index (κ3) is 2.25. The summed E-state index contributed by atoms with van der Waals surface area (Å²) in [4.78, 5) is 4.18. The predicted molar refractivity (Wildman–Crippen MR) is 75.0 cm³/mol. The molecule has 0 N–H and O–H groups in total. The maximum atomic E-state index is 6.07. The molecule has 2 heterocycles. The van der Waals surface area contributed by atoms with Gasteiger partial charge in [0.25, 0.3) is 0 Å². The van der Waals surface area contributed by atoms with Crippen molar-refractivity contribution in [1.29, 1.82) is 0 Å². The summed E-state index contributed by atoms with van der Waals surface area (Å²) in [6.07, 6.45) is 0. The van der Waals surface area contributed by atoms with Crippen LogP contribution in [0.4, 0.5) is 0 Å². The topological polar surface area (TPSA) is 39.4 Å². The lowest BCUT2D eigenvalue weighted by molar-refractivity contribution is 0.415. The first-order chi connectivity index (χ1) is 9.17. The molecule has 0 aliphatic rings. The average Bonchev–Trinajstić information content (AvgIpc) is 2.83. The summed E-state index contributed by atoms with van der Waals surface area (Å²) in [5.41, 5.74) is 2.29. The number of methoxy groups -OCH3 is 1. The van der Waals surface area contributed by atoms with Crippen LogP contribution in [-0.2, 0) is 0 Å². The van der Waals surface area contributed by atoms with E-state index < -0.39 is 0 Å². The van der Waals surface area contributed by atoms with Crippen LogP contribution in [-0.4, -0.2) is 21.7 Å². The quantitative estimate of drug-likeness (QED) is 0.676. The first-order valence-corrected chi connectivity index (χ1v) is 6.29. The molecule has 0 atom stereocenters. The van der Waals surface area contributed by atoms with E-state index in [9.17, 15) is 0 Å². The van der Waals surface area contributed by atoms with E-state index in [0.29, 0.717) is 16.0 Å². The summed E-state index contributed by atoms with van der Waals surface area (Å²) < 4.78 is 6.74. The number of ether oxygens (including phenoxy) is 1.